The molecule has 1 N–H and O–H groups in total. The van der Waals surface area contributed by atoms with Crippen molar-refractivity contribution in [2.24, 2.45) is 0 Å². The highest BCUT2D eigenvalue weighted by molar-refractivity contribution is 7.43. The number of rotatable bonds is 3. The molecule has 1 atom stereocenters. The van der Waals surface area contributed by atoms with Crippen molar-refractivity contribution in [3.8, 4) is 0 Å². The zero-order chi connectivity index (χ0) is 7.49. The van der Waals surface area contributed by atoms with Crippen molar-refractivity contribution in [3.63, 3.8) is 0 Å². The lowest BCUT2D eigenvalue weighted by molar-refractivity contribution is -0.348. The number of aldehydes is 1. The van der Waals surface area contributed by atoms with Gasteiger partial charge in [0, 0.05) is 0 Å². The molecule has 0 aromatic carbocycles. The Hall–Kier alpha value is -0.260. The summed E-state index contributed by atoms with van der Waals surface area (Å²) in [5, 5.41) is 8.03. The van der Waals surface area contributed by atoms with Gasteiger partial charge in [-0.05, 0) is 0 Å². The number of phosphoric acid groups is 1. The largest absolute Gasteiger partial charge is 0.790 e. The number of phosphoric ester groups is 1. The molecule has 6 nitrogen and oxygen atoms in total. The van der Waals surface area contributed by atoms with E-state index in [0.717, 1.165) is 0 Å². The molecule has 0 aliphatic carbocycles. The predicted octanol–water partition coefficient (Wildman–Crippen LogP) is -2.65. The van der Waals surface area contributed by atoms with Gasteiger partial charge in [-0.25, -0.2) is 0 Å². The summed E-state index contributed by atoms with van der Waals surface area (Å²) in [5.74, 6) is 0. The van der Waals surface area contributed by atoms with Gasteiger partial charge in [0.25, 0.3) is 0 Å². The van der Waals surface area contributed by atoms with Gasteiger partial charge in [0.15, 0.2) is 6.29 Å². The first-order chi connectivity index (χ1) is 3.95. The summed E-state index contributed by atoms with van der Waals surface area (Å²) >= 11 is 0. The highest BCUT2D eigenvalue weighted by Gasteiger charge is 2.01. The molecule has 54 valence electrons. The summed E-state index contributed by atoms with van der Waals surface area (Å²) in [4.78, 5) is 28.5. The molecule has 0 fully saturated rings. The van der Waals surface area contributed by atoms with E-state index in [9.17, 15) is 19.1 Å². The summed E-state index contributed by atoms with van der Waals surface area (Å²) in [6.45, 7) is 0. The molecule has 7 heteroatoms. The van der Waals surface area contributed by atoms with Gasteiger partial charge in [0.2, 0.25) is 6.29 Å². The number of aliphatic hydroxyl groups excluding tert-OH is 1. The van der Waals surface area contributed by atoms with E-state index in [1.54, 1.807) is 0 Å². The molecule has 0 aromatic rings. The molecule has 0 spiro atoms. The molecule has 0 saturated heterocycles. The Balaban J connectivity index is 3.74. The molecule has 0 aliphatic heterocycles. The van der Waals surface area contributed by atoms with Crippen LogP contribution in [0.5, 0.6) is 0 Å². The van der Waals surface area contributed by atoms with Gasteiger partial charge >= 0.3 is 0 Å². The first kappa shape index (κ1) is 8.74. The number of carbonyl (C=O) groups excluding carboxylic acids is 1. The minimum atomic E-state index is -5.22. The maximum atomic E-state index is 9.53. The second kappa shape index (κ2) is 3.05. The Morgan fingerprint density at radius 3 is 2.22 bits per heavy atom. The van der Waals surface area contributed by atoms with E-state index in [1.807, 2.05) is 0 Å². The predicted molar refractivity (Wildman–Crippen MR) is 20.8 cm³/mol. The Morgan fingerprint density at radius 2 is 2.11 bits per heavy atom. The smallest absolute Gasteiger partial charge is 0.216 e. The fourth-order valence-corrected chi connectivity index (χ4v) is 0.471. The maximum absolute atomic E-state index is 9.53. The van der Waals surface area contributed by atoms with Crippen LogP contribution in [0.2, 0.25) is 0 Å². The Morgan fingerprint density at radius 1 is 1.67 bits per heavy atom. The van der Waals surface area contributed by atoms with Gasteiger partial charge in [-0.1, -0.05) is 0 Å². The second-order valence-corrected chi connectivity index (χ2v) is 2.18. The monoisotopic (exact) mass is 154 g/mol. The molecule has 0 amide bonds. The van der Waals surface area contributed by atoms with Crippen LogP contribution in [0.25, 0.3) is 0 Å². The van der Waals surface area contributed by atoms with Crippen molar-refractivity contribution >= 4 is 14.1 Å². The van der Waals surface area contributed by atoms with E-state index in [-0.39, 0.29) is 6.29 Å². The lowest BCUT2D eigenvalue weighted by atomic mass is 10.8. The molecule has 0 saturated carbocycles. The Bertz CT molecular complexity index is 136. The fourth-order valence-electron chi connectivity index (χ4n) is 0.157. The van der Waals surface area contributed by atoms with Gasteiger partial charge < -0.3 is 24.0 Å². The van der Waals surface area contributed by atoms with Gasteiger partial charge in [0.05, 0.1) is 7.82 Å². The zero-order valence-corrected chi connectivity index (χ0v) is 4.98. The third-order valence-corrected chi connectivity index (χ3v) is 0.828. The standard InChI is InChI=1S/C2H5O6P/c3-1-2(4)8-9(5,6)7/h1-2,4H,(H2,5,6,7)/p-2/t2-/m1/s1. The molecular weight excluding hydrogens is 151 g/mol. The molecule has 9 heavy (non-hydrogen) atoms. The van der Waals surface area contributed by atoms with E-state index in [1.165, 1.54) is 0 Å². The molecule has 0 heterocycles. The Kier molecular flexibility index (Phi) is 2.96. The van der Waals surface area contributed by atoms with Crippen LogP contribution in [0, 0.1) is 0 Å². The lowest BCUT2D eigenvalue weighted by Crippen LogP contribution is -2.23. The molecule has 0 aromatic heterocycles. The third kappa shape index (κ3) is 5.61. The minimum absolute atomic E-state index is 0.220. The summed E-state index contributed by atoms with van der Waals surface area (Å²) in [7, 11) is -5.22. The van der Waals surface area contributed by atoms with Crippen LogP contribution < -0.4 is 9.79 Å². The van der Waals surface area contributed by atoms with Gasteiger partial charge in [0.1, 0.15) is 0 Å². The summed E-state index contributed by atoms with van der Waals surface area (Å²) in [6.07, 6.45) is -2.39. The summed E-state index contributed by atoms with van der Waals surface area (Å²) < 4.78 is 12.8. The van der Waals surface area contributed by atoms with E-state index in [0.29, 0.717) is 0 Å². The number of carbonyl (C=O) groups is 1. The first-order valence-electron chi connectivity index (χ1n) is 1.79. The van der Waals surface area contributed by atoms with E-state index < -0.39 is 14.1 Å². The molecule has 0 radical (unpaired) electrons. The van der Waals surface area contributed by atoms with Crippen molar-refractivity contribution in [2.45, 2.75) is 6.29 Å². The van der Waals surface area contributed by atoms with Crippen molar-refractivity contribution < 1.29 is 28.8 Å². The van der Waals surface area contributed by atoms with Gasteiger partial charge in [-0.15, -0.1) is 0 Å². The van der Waals surface area contributed by atoms with Crippen LogP contribution in [0.3, 0.4) is 0 Å². The average molecular weight is 154 g/mol. The van der Waals surface area contributed by atoms with Crippen molar-refractivity contribution in [1.82, 2.24) is 0 Å². The number of hydrogen-bond acceptors (Lipinski definition) is 6. The van der Waals surface area contributed by atoms with Crippen LogP contribution in [-0.2, 0) is 13.9 Å². The molecule has 0 bridgehead atoms. The minimum Gasteiger partial charge on any atom is -0.790 e. The second-order valence-electron chi connectivity index (χ2n) is 1.08. The third-order valence-electron chi connectivity index (χ3n) is 0.354. The fraction of sp³-hybridized carbons (Fsp3) is 0.500. The van der Waals surface area contributed by atoms with E-state index in [2.05, 4.69) is 4.52 Å². The van der Waals surface area contributed by atoms with Gasteiger partial charge in [-0.2, -0.15) is 0 Å². The van der Waals surface area contributed by atoms with Crippen molar-refractivity contribution in [2.75, 3.05) is 0 Å². The van der Waals surface area contributed by atoms with Gasteiger partial charge in [-0.3, -0.25) is 4.79 Å². The zero-order valence-electron chi connectivity index (χ0n) is 4.09. The van der Waals surface area contributed by atoms with E-state index >= 15 is 0 Å². The quantitative estimate of drug-likeness (QED) is 0.270. The van der Waals surface area contributed by atoms with Crippen LogP contribution in [0.15, 0.2) is 0 Å². The Labute approximate surface area is 50.3 Å². The van der Waals surface area contributed by atoms with E-state index in [4.69, 9.17) is 5.11 Å². The number of hydrogen-bond donors (Lipinski definition) is 1. The lowest BCUT2D eigenvalue weighted by Gasteiger charge is -2.28. The van der Waals surface area contributed by atoms with Crippen LogP contribution >= 0.6 is 7.82 Å². The normalized spacial score (nSPS) is 15.0. The van der Waals surface area contributed by atoms with Crippen LogP contribution in [0.4, 0.5) is 0 Å². The number of aliphatic hydroxyl groups is 1. The average Bonchev–Trinajstić information content (AvgIpc) is 1.62. The van der Waals surface area contributed by atoms with Crippen molar-refractivity contribution in [1.29, 1.82) is 0 Å². The first-order valence-corrected chi connectivity index (χ1v) is 3.25. The van der Waals surface area contributed by atoms with Crippen molar-refractivity contribution in [3.05, 3.63) is 0 Å². The van der Waals surface area contributed by atoms with Crippen LogP contribution in [0.1, 0.15) is 0 Å². The van der Waals surface area contributed by atoms with Crippen LogP contribution in [-0.4, -0.2) is 17.7 Å². The summed E-state index contributed by atoms with van der Waals surface area (Å²) in [5.41, 5.74) is 0. The highest BCUT2D eigenvalue weighted by Crippen LogP contribution is 2.25. The molecule has 0 aliphatic rings. The molecular formula is C2H3O6P-2. The maximum Gasteiger partial charge on any atom is 0.216 e. The molecule has 0 unspecified atom stereocenters. The topological polar surface area (TPSA) is 110 Å². The summed E-state index contributed by atoms with van der Waals surface area (Å²) in [6, 6.07) is 0. The highest BCUT2D eigenvalue weighted by atomic mass is 31.2. The SMILES string of the molecule is O=C[C@H](O)OP(=O)([O-])[O-]. The molecule has 0 rings (SSSR count).